The zero-order valence-electron chi connectivity index (χ0n) is 6.45. The molecule has 0 radical (unpaired) electrons. The molecular weight excluding hydrogens is 160 g/mol. The van der Waals surface area contributed by atoms with E-state index in [1.807, 2.05) is 12.3 Å². The number of aromatic nitrogens is 1. The molecule has 0 aliphatic rings. The van der Waals surface area contributed by atoms with Gasteiger partial charge in [0.25, 0.3) is 0 Å². The van der Waals surface area contributed by atoms with Crippen molar-refractivity contribution in [3.05, 3.63) is 16.1 Å². The van der Waals surface area contributed by atoms with Gasteiger partial charge in [-0.15, -0.1) is 11.3 Å². The number of rotatable bonds is 3. The normalized spacial score (nSPS) is 13.4. The molecule has 1 rings (SSSR count). The van der Waals surface area contributed by atoms with Crippen LogP contribution in [0.1, 0.15) is 23.2 Å². The van der Waals surface area contributed by atoms with E-state index in [4.69, 9.17) is 5.73 Å². The first-order valence-corrected chi connectivity index (χ1v) is 4.42. The minimum absolute atomic E-state index is 0.473. The van der Waals surface area contributed by atoms with Crippen molar-refractivity contribution < 1.29 is 5.11 Å². The van der Waals surface area contributed by atoms with E-state index in [1.54, 1.807) is 0 Å². The number of nitrogens with two attached hydrogens (primary N) is 1. The molecule has 1 aromatic rings. The Balaban J connectivity index is 2.60. The molecular formula is C7H12N2OS. The van der Waals surface area contributed by atoms with Crippen LogP contribution in [0.2, 0.25) is 0 Å². The third-order valence-electron chi connectivity index (χ3n) is 1.36. The van der Waals surface area contributed by atoms with E-state index in [2.05, 4.69) is 4.98 Å². The summed E-state index contributed by atoms with van der Waals surface area (Å²) in [6.45, 7) is 2.41. The van der Waals surface area contributed by atoms with E-state index in [9.17, 15) is 5.11 Å². The van der Waals surface area contributed by atoms with Crippen molar-refractivity contribution in [2.24, 2.45) is 5.73 Å². The van der Waals surface area contributed by atoms with Crippen LogP contribution >= 0.6 is 11.3 Å². The molecule has 0 saturated carbocycles. The monoisotopic (exact) mass is 172 g/mol. The fourth-order valence-corrected chi connectivity index (χ4v) is 1.62. The summed E-state index contributed by atoms with van der Waals surface area (Å²) in [6, 6.07) is 0. The SMILES string of the molecule is Cc1csc(C(O)CCN)n1. The molecule has 0 aliphatic carbocycles. The number of hydrogen-bond donors (Lipinski definition) is 2. The van der Waals surface area contributed by atoms with Gasteiger partial charge in [-0.05, 0) is 19.9 Å². The second-order valence-electron chi connectivity index (χ2n) is 2.42. The lowest BCUT2D eigenvalue weighted by atomic mass is 10.3. The molecule has 3 N–H and O–H groups in total. The van der Waals surface area contributed by atoms with Crippen molar-refractivity contribution in [3.8, 4) is 0 Å². The van der Waals surface area contributed by atoms with Crippen molar-refractivity contribution in [3.63, 3.8) is 0 Å². The van der Waals surface area contributed by atoms with Crippen molar-refractivity contribution >= 4 is 11.3 Å². The van der Waals surface area contributed by atoms with Gasteiger partial charge in [0.2, 0.25) is 0 Å². The standard InChI is InChI=1S/C7H12N2OS/c1-5-4-11-7(9-5)6(10)2-3-8/h4,6,10H,2-3,8H2,1H3. The molecule has 0 aliphatic heterocycles. The maximum atomic E-state index is 9.40. The number of thiazole rings is 1. The second kappa shape index (κ2) is 3.80. The summed E-state index contributed by atoms with van der Waals surface area (Å²) >= 11 is 1.48. The van der Waals surface area contributed by atoms with Crippen LogP contribution in [0.15, 0.2) is 5.38 Å². The summed E-state index contributed by atoms with van der Waals surface area (Å²) in [6.07, 6.45) is 0.117. The number of aliphatic hydroxyl groups excluding tert-OH is 1. The van der Waals surface area contributed by atoms with Crippen LogP contribution in [-0.4, -0.2) is 16.6 Å². The second-order valence-corrected chi connectivity index (χ2v) is 3.31. The van der Waals surface area contributed by atoms with E-state index < -0.39 is 6.10 Å². The van der Waals surface area contributed by atoms with Gasteiger partial charge in [-0.1, -0.05) is 0 Å². The van der Waals surface area contributed by atoms with Crippen LogP contribution in [0.5, 0.6) is 0 Å². The Morgan fingerprint density at radius 1 is 1.82 bits per heavy atom. The van der Waals surface area contributed by atoms with E-state index in [-0.39, 0.29) is 0 Å². The quantitative estimate of drug-likeness (QED) is 0.710. The van der Waals surface area contributed by atoms with Crippen LogP contribution in [0.4, 0.5) is 0 Å². The predicted octanol–water partition coefficient (Wildman–Crippen LogP) is 0.834. The van der Waals surface area contributed by atoms with Gasteiger partial charge in [-0.3, -0.25) is 0 Å². The maximum absolute atomic E-state index is 9.40. The summed E-state index contributed by atoms with van der Waals surface area (Å²) in [5.74, 6) is 0. The largest absolute Gasteiger partial charge is 0.386 e. The lowest BCUT2D eigenvalue weighted by molar-refractivity contribution is 0.170. The van der Waals surface area contributed by atoms with Crippen molar-refractivity contribution in [1.29, 1.82) is 0 Å². The van der Waals surface area contributed by atoms with Gasteiger partial charge in [0.05, 0.1) is 0 Å². The fraction of sp³-hybridized carbons (Fsp3) is 0.571. The van der Waals surface area contributed by atoms with Crippen molar-refractivity contribution in [2.75, 3.05) is 6.54 Å². The Labute approximate surface area is 69.9 Å². The van der Waals surface area contributed by atoms with Gasteiger partial charge >= 0.3 is 0 Å². The van der Waals surface area contributed by atoms with Crippen molar-refractivity contribution in [2.45, 2.75) is 19.4 Å². The number of hydrogen-bond acceptors (Lipinski definition) is 4. The Hall–Kier alpha value is -0.450. The van der Waals surface area contributed by atoms with Crippen LogP contribution in [0.3, 0.4) is 0 Å². The highest BCUT2D eigenvalue weighted by atomic mass is 32.1. The van der Waals surface area contributed by atoms with Crippen LogP contribution < -0.4 is 5.73 Å². The van der Waals surface area contributed by atoms with Gasteiger partial charge in [0.15, 0.2) is 0 Å². The molecule has 3 nitrogen and oxygen atoms in total. The van der Waals surface area contributed by atoms with E-state index >= 15 is 0 Å². The van der Waals surface area contributed by atoms with E-state index in [1.165, 1.54) is 11.3 Å². The molecule has 0 spiro atoms. The fourth-order valence-electron chi connectivity index (χ4n) is 0.807. The summed E-state index contributed by atoms with van der Waals surface area (Å²) in [5, 5.41) is 12.1. The first-order valence-electron chi connectivity index (χ1n) is 3.54. The highest BCUT2D eigenvalue weighted by Gasteiger charge is 2.09. The molecule has 0 bridgehead atoms. The Bertz CT molecular complexity index is 224. The molecule has 1 heterocycles. The molecule has 1 atom stereocenters. The Morgan fingerprint density at radius 3 is 3.00 bits per heavy atom. The average molecular weight is 172 g/mol. The van der Waals surface area contributed by atoms with E-state index in [0.29, 0.717) is 13.0 Å². The van der Waals surface area contributed by atoms with Crippen LogP contribution in [-0.2, 0) is 0 Å². The van der Waals surface area contributed by atoms with E-state index in [0.717, 1.165) is 10.7 Å². The van der Waals surface area contributed by atoms with Gasteiger partial charge in [-0.25, -0.2) is 4.98 Å². The minimum atomic E-state index is -0.473. The van der Waals surface area contributed by atoms with Crippen LogP contribution in [0.25, 0.3) is 0 Å². The lowest BCUT2D eigenvalue weighted by Gasteiger charge is -2.03. The predicted molar refractivity (Wildman–Crippen MR) is 45.5 cm³/mol. The zero-order chi connectivity index (χ0) is 8.27. The molecule has 0 fully saturated rings. The number of aryl methyl sites for hydroxylation is 1. The van der Waals surface area contributed by atoms with Gasteiger partial charge in [-0.2, -0.15) is 0 Å². The summed E-state index contributed by atoms with van der Waals surface area (Å²) < 4.78 is 0. The summed E-state index contributed by atoms with van der Waals surface area (Å²) in [5.41, 5.74) is 6.25. The smallest absolute Gasteiger partial charge is 0.122 e. The summed E-state index contributed by atoms with van der Waals surface area (Å²) in [7, 11) is 0. The third kappa shape index (κ3) is 2.25. The zero-order valence-corrected chi connectivity index (χ0v) is 7.27. The molecule has 0 amide bonds. The first kappa shape index (κ1) is 8.64. The first-order chi connectivity index (χ1) is 5.24. The molecule has 1 unspecified atom stereocenters. The molecule has 0 saturated heterocycles. The maximum Gasteiger partial charge on any atom is 0.122 e. The highest BCUT2D eigenvalue weighted by molar-refractivity contribution is 7.09. The topological polar surface area (TPSA) is 59.1 Å². The Morgan fingerprint density at radius 2 is 2.55 bits per heavy atom. The van der Waals surface area contributed by atoms with Crippen molar-refractivity contribution in [1.82, 2.24) is 4.98 Å². The minimum Gasteiger partial charge on any atom is -0.386 e. The molecule has 1 aromatic heterocycles. The molecule has 62 valence electrons. The number of aliphatic hydroxyl groups is 1. The molecule has 11 heavy (non-hydrogen) atoms. The average Bonchev–Trinajstić information content (AvgIpc) is 2.36. The van der Waals surface area contributed by atoms with Crippen LogP contribution in [0, 0.1) is 6.92 Å². The van der Waals surface area contributed by atoms with Gasteiger partial charge < -0.3 is 10.8 Å². The molecule has 0 aromatic carbocycles. The Kier molecular flexibility index (Phi) is 2.99. The third-order valence-corrected chi connectivity index (χ3v) is 2.43. The molecule has 4 heteroatoms. The lowest BCUT2D eigenvalue weighted by Crippen LogP contribution is -2.06. The number of nitrogens with zero attached hydrogens (tertiary/aromatic N) is 1. The summed E-state index contributed by atoms with van der Waals surface area (Å²) in [4.78, 5) is 4.14. The van der Waals surface area contributed by atoms with Gasteiger partial charge in [0, 0.05) is 11.1 Å². The van der Waals surface area contributed by atoms with Gasteiger partial charge in [0.1, 0.15) is 11.1 Å². The highest BCUT2D eigenvalue weighted by Crippen LogP contribution is 2.19.